The molecule has 8 heteroatoms. The van der Waals surface area contributed by atoms with Crippen LogP contribution >= 0.6 is 11.6 Å². The number of para-hydroxylation sites is 1. The molecule has 0 radical (unpaired) electrons. The number of nitro benzene ring substituents is 1. The monoisotopic (exact) mass is 403 g/mol. The summed E-state index contributed by atoms with van der Waals surface area (Å²) in [6.45, 7) is 6.33. The summed E-state index contributed by atoms with van der Waals surface area (Å²) in [5.74, 6) is -0.542. The van der Waals surface area contributed by atoms with E-state index < -0.39 is 10.8 Å². The van der Waals surface area contributed by atoms with E-state index in [0.717, 1.165) is 18.7 Å². The maximum Gasteiger partial charge on any atom is 0.283 e. The number of ether oxygens (including phenoxy) is 1. The van der Waals surface area contributed by atoms with Crippen LogP contribution in [0.2, 0.25) is 5.02 Å². The molecule has 0 bridgehead atoms. The van der Waals surface area contributed by atoms with Crippen LogP contribution in [0.1, 0.15) is 29.8 Å². The Labute approximate surface area is 168 Å². The van der Waals surface area contributed by atoms with Gasteiger partial charge >= 0.3 is 0 Å². The van der Waals surface area contributed by atoms with Gasteiger partial charge in [-0.2, -0.15) is 0 Å². The van der Waals surface area contributed by atoms with Crippen molar-refractivity contribution in [2.75, 3.05) is 18.4 Å². The van der Waals surface area contributed by atoms with Crippen LogP contribution < -0.4 is 5.32 Å². The molecule has 1 aliphatic rings. The highest BCUT2D eigenvalue weighted by atomic mass is 35.5. The van der Waals surface area contributed by atoms with E-state index >= 15 is 0 Å². The molecule has 1 saturated heterocycles. The zero-order valence-electron chi connectivity index (χ0n) is 15.7. The van der Waals surface area contributed by atoms with Crippen LogP contribution in [0, 0.1) is 10.1 Å². The summed E-state index contributed by atoms with van der Waals surface area (Å²) in [4.78, 5) is 25.6. The largest absolute Gasteiger partial charge is 0.373 e. The van der Waals surface area contributed by atoms with Gasteiger partial charge in [0.2, 0.25) is 0 Å². The van der Waals surface area contributed by atoms with Crippen LogP contribution in [0.15, 0.2) is 42.5 Å². The molecule has 0 spiro atoms. The quantitative estimate of drug-likeness (QED) is 0.599. The highest BCUT2D eigenvalue weighted by Crippen LogP contribution is 2.26. The summed E-state index contributed by atoms with van der Waals surface area (Å²) in [7, 11) is 0. The first-order valence-corrected chi connectivity index (χ1v) is 9.42. The predicted octanol–water partition coefficient (Wildman–Crippen LogP) is 4.11. The Hall–Kier alpha value is -2.48. The summed E-state index contributed by atoms with van der Waals surface area (Å²) in [5, 5.41) is 14.3. The van der Waals surface area contributed by atoms with Gasteiger partial charge in [-0.05, 0) is 37.6 Å². The Bertz CT molecular complexity index is 880. The van der Waals surface area contributed by atoms with E-state index in [-0.39, 0.29) is 28.5 Å². The van der Waals surface area contributed by atoms with Gasteiger partial charge in [-0.1, -0.05) is 29.8 Å². The Kier molecular flexibility index (Phi) is 6.28. The second-order valence-corrected chi connectivity index (χ2v) is 7.42. The van der Waals surface area contributed by atoms with Crippen molar-refractivity contribution >= 4 is 28.9 Å². The van der Waals surface area contributed by atoms with Crippen LogP contribution in [0.4, 0.5) is 11.4 Å². The van der Waals surface area contributed by atoms with Gasteiger partial charge in [0.1, 0.15) is 5.56 Å². The molecule has 1 fully saturated rings. The average molecular weight is 404 g/mol. The number of morpholine rings is 1. The number of carbonyl (C=O) groups is 1. The lowest BCUT2D eigenvalue weighted by Gasteiger charge is -2.35. The summed E-state index contributed by atoms with van der Waals surface area (Å²) in [6.07, 6.45) is 0.282. The molecule has 3 rings (SSSR count). The first-order valence-electron chi connectivity index (χ1n) is 9.04. The first kappa shape index (κ1) is 20.3. The van der Waals surface area contributed by atoms with E-state index in [4.69, 9.17) is 16.3 Å². The van der Waals surface area contributed by atoms with Crippen LogP contribution in [0.3, 0.4) is 0 Å². The van der Waals surface area contributed by atoms with E-state index in [1.54, 1.807) is 6.07 Å². The average Bonchev–Trinajstić information content (AvgIpc) is 2.62. The molecule has 1 heterocycles. The van der Waals surface area contributed by atoms with Crippen LogP contribution in [-0.2, 0) is 11.3 Å². The molecule has 1 aliphatic heterocycles. The zero-order chi connectivity index (χ0) is 20.3. The lowest BCUT2D eigenvalue weighted by Crippen LogP contribution is -2.44. The fraction of sp³-hybridized carbons (Fsp3) is 0.350. The number of halogens is 1. The second-order valence-electron chi connectivity index (χ2n) is 6.98. The molecule has 148 valence electrons. The zero-order valence-corrected chi connectivity index (χ0v) is 16.5. The van der Waals surface area contributed by atoms with E-state index in [1.807, 2.05) is 32.0 Å². The number of nitrogens with one attached hydrogen (secondary N) is 1. The molecule has 0 aromatic heterocycles. The lowest BCUT2D eigenvalue weighted by atomic mass is 10.1. The van der Waals surface area contributed by atoms with Crippen LogP contribution in [0.5, 0.6) is 0 Å². The molecule has 1 amide bonds. The molecule has 2 atom stereocenters. The van der Waals surface area contributed by atoms with Crippen molar-refractivity contribution in [3.63, 3.8) is 0 Å². The summed E-state index contributed by atoms with van der Waals surface area (Å²) in [6, 6.07) is 11.5. The Morgan fingerprint density at radius 2 is 1.93 bits per heavy atom. The highest BCUT2D eigenvalue weighted by molar-refractivity contribution is 6.31. The molecule has 2 aromatic rings. The van der Waals surface area contributed by atoms with Crippen molar-refractivity contribution in [1.82, 2.24) is 4.90 Å². The van der Waals surface area contributed by atoms with Gasteiger partial charge < -0.3 is 10.1 Å². The van der Waals surface area contributed by atoms with Gasteiger partial charge in [0.25, 0.3) is 11.6 Å². The number of nitrogens with zero attached hydrogens (tertiary/aromatic N) is 2. The fourth-order valence-corrected chi connectivity index (χ4v) is 3.64. The Balaban J connectivity index is 1.80. The maximum absolute atomic E-state index is 12.7. The van der Waals surface area contributed by atoms with Crippen LogP contribution in [-0.4, -0.2) is 41.0 Å². The van der Waals surface area contributed by atoms with Gasteiger partial charge in [0.15, 0.2) is 0 Å². The van der Waals surface area contributed by atoms with E-state index in [2.05, 4.69) is 10.2 Å². The van der Waals surface area contributed by atoms with Crippen LogP contribution in [0.25, 0.3) is 0 Å². The molecule has 2 unspecified atom stereocenters. The number of carbonyl (C=O) groups excluding carboxylic acids is 1. The first-order chi connectivity index (χ1) is 13.3. The standard InChI is InChI=1S/C20H22ClN3O4/c1-13-10-23(11-14(2)28-13)12-15-5-3-4-6-18(15)22-20(25)17-8-7-16(21)9-19(17)24(26)27/h3-9,13-14H,10-12H2,1-2H3,(H,22,25). The number of amides is 1. The van der Waals surface area contributed by atoms with E-state index in [0.29, 0.717) is 12.2 Å². The number of rotatable bonds is 5. The predicted molar refractivity (Wildman–Crippen MR) is 108 cm³/mol. The molecule has 0 aliphatic carbocycles. The number of hydrogen-bond donors (Lipinski definition) is 1. The van der Waals surface area contributed by atoms with Gasteiger partial charge in [0.05, 0.1) is 17.1 Å². The van der Waals surface area contributed by atoms with E-state index in [1.165, 1.54) is 18.2 Å². The molecule has 1 N–H and O–H groups in total. The number of hydrogen-bond acceptors (Lipinski definition) is 5. The van der Waals surface area contributed by atoms with Crippen molar-refractivity contribution in [1.29, 1.82) is 0 Å². The van der Waals surface area contributed by atoms with Crippen molar-refractivity contribution in [2.45, 2.75) is 32.6 Å². The number of nitro groups is 1. The second kappa shape index (κ2) is 8.68. The van der Waals surface area contributed by atoms with Gasteiger partial charge in [-0.25, -0.2) is 0 Å². The third-order valence-electron chi connectivity index (χ3n) is 4.56. The molecular formula is C20H22ClN3O4. The third kappa shape index (κ3) is 4.86. The third-order valence-corrected chi connectivity index (χ3v) is 4.79. The topological polar surface area (TPSA) is 84.7 Å². The molecule has 7 nitrogen and oxygen atoms in total. The number of benzene rings is 2. The molecule has 0 saturated carbocycles. The van der Waals surface area contributed by atoms with Gasteiger partial charge in [-0.3, -0.25) is 19.8 Å². The minimum Gasteiger partial charge on any atom is -0.373 e. The van der Waals surface area contributed by atoms with Crippen molar-refractivity contribution in [3.8, 4) is 0 Å². The minimum absolute atomic E-state index is 0.0298. The Morgan fingerprint density at radius 3 is 2.61 bits per heavy atom. The summed E-state index contributed by atoms with van der Waals surface area (Å²) >= 11 is 5.83. The van der Waals surface area contributed by atoms with Gasteiger partial charge in [0, 0.05) is 36.4 Å². The summed E-state index contributed by atoms with van der Waals surface area (Å²) in [5.41, 5.74) is 1.22. The normalized spacial score (nSPS) is 20.0. The van der Waals surface area contributed by atoms with Gasteiger partial charge in [-0.15, -0.1) is 0 Å². The maximum atomic E-state index is 12.7. The SMILES string of the molecule is CC1CN(Cc2ccccc2NC(=O)c2ccc(Cl)cc2[N+](=O)[O-])CC(C)O1. The van der Waals surface area contributed by atoms with Crippen molar-refractivity contribution in [3.05, 3.63) is 68.7 Å². The molecule has 28 heavy (non-hydrogen) atoms. The Morgan fingerprint density at radius 1 is 1.25 bits per heavy atom. The van der Waals surface area contributed by atoms with Crippen molar-refractivity contribution < 1.29 is 14.5 Å². The molecular weight excluding hydrogens is 382 g/mol. The lowest BCUT2D eigenvalue weighted by molar-refractivity contribution is -0.385. The smallest absolute Gasteiger partial charge is 0.283 e. The van der Waals surface area contributed by atoms with Crippen molar-refractivity contribution in [2.24, 2.45) is 0 Å². The minimum atomic E-state index is -0.608. The summed E-state index contributed by atoms with van der Waals surface area (Å²) < 4.78 is 5.77. The highest BCUT2D eigenvalue weighted by Gasteiger charge is 2.24. The number of anilines is 1. The van der Waals surface area contributed by atoms with E-state index in [9.17, 15) is 14.9 Å². The molecule has 2 aromatic carbocycles. The fourth-order valence-electron chi connectivity index (χ4n) is 3.47.